The van der Waals surface area contributed by atoms with Gasteiger partial charge >= 0.3 is 11.9 Å². The van der Waals surface area contributed by atoms with Crippen LogP contribution in [0, 0.1) is 20.8 Å². The smallest absolute Gasteiger partial charge is 0.336 e. The van der Waals surface area contributed by atoms with E-state index in [9.17, 15) is 19.8 Å². The zero-order chi connectivity index (χ0) is 26.3. The summed E-state index contributed by atoms with van der Waals surface area (Å²) in [7, 11) is 0. The van der Waals surface area contributed by atoms with Gasteiger partial charge < -0.3 is 29.2 Å². The number of benzene rings is 3. The van der Waals surface area contributed by atoms with Crippen LogP contribution >= 0.6 is 0 Å². The Kier molecular flexibility index (Phi) is 6.62. The van der Waals surface area contributed by atoms with Gasteiger partial charge in [-0.05, 0) is 72.9 Å². The molecule has 0 amide bonds. The SMILES string of the molecule is Cc1cc(-c2c(C(=O)O)ccc(OCC3CO3)c2C)ccc1-c1c(C(=O)O)ccc(OCC2CO2)c1C. The van der Waals surface area contributed by atoms with E-state index in [0.717, 1.165) is 16.7 Å². The first-order chi connectivity index (χ1) is 17.7. The molecule has 2 unspecified atom stereocenters. The van der Waals surface area contributed by atoms with Crippen molar-refractivity contribution in [2.75, 3.05) is 26.4 Å². The van der Waals surface area contributed by atoms with Crippen molar-refractivity contribution >= 4 is 11.9 Å². The molecule has 2 fully saturated rings. The first-order valence-electron chi connectivity index (χ1n) is 12.1. The summed E-state index contributed by atoms with van der Waals surface area (Å²) in [4.78, 5) is 24.2. The van der Waals surface area contributed by atoms with Gasteiger partial charge in [-0.3, -0.25) is 0 Å². The largest absolute Gasteiger partial charge is 0.490 e. The Hall–Kier alpha value is -3.88. The second-order valence-corrected chi connectivity index (χ2v) is 9.40. The second-order valence-electron chi connectivity index (χ2n) is 9.40. The van der Waals surface area contributed by atoms with Gasteiger partial charge in [-0.1, -0.05) is 18.2 Å². The molecule has 0 aromatic heterocycles. The summed E-state index contributed by atoms with van der Waals surface area (Å²) in [5, 5.41) is 19.8. The summed E-state index contributed by atoms with van der Waals surface area (Å²) in [6, 6.07) is 12.0. The predicted octanol–water partition coefficient (Wildman–Crippen LogP) is 4.90. The van der Waals surface area contributed by atoms with Crippen LogP contribution in [0.25, 0.3) is 22.3 Å². The first kappa shape index (κ1) is 24.8. The van der Waals surface area contributed by atoms with E-state index < -0.39 is 11.9 Å². The molecule has 0 spiro atoms. The monoisotopic (exact) mass is 504 g/mol. The Morgan fingerprint density at radius 2 is 1.27 bits per heavy atom. The third-order valence-corrected chi connectivity index (χ3v) is 6.73. The fourth-order valence-electron chi connectivity index (χ4n) is 4.57. The third-order valence-electron chi connectivity index (χ3n) is 6.73. The van der Waals surface area contributed by atoms with Crippen molar-refractivity contribution in [3.8, 4) is 33.8 Å². The Labute approximate surface area is 214 Å². The fourth-order valence-corrected chi connectivity index (χ4v) is 4.57. The molecule has 2 aliphatic heterocycles. The van der Waals surface area contributed by atoms with Crippen LogP contribution in [0.15, 0.2) is 42.5 Å². The zero-order valence-corrected chi connectivity index (χ0v) is 20.9. The minimum absolute atomic E-state index is 0.0752. The maximum absolute atomic E-state index is 12.1. The molecule has 8 nitrogen and oxygen atoms in total. The predicted molar refractivity (Wildman–Crippen MR) is 136 cm³/mol. The van der Waals surface area contributed by atoms with Crippen molar-refractivity contribution in [3.63, 3.8) is 0 Å². The fraction of sp³-hybridized carbons (Fsp3) is 0.310. The number of carboxylic acid groups (broad SMARTS) is 2. The van der Waals surface area contributed by atoms with E-state index >= 15 is 0 Å². The number of carbonyl (C=O) groups is 2. The highest BCUT2D eigenvalue weighted by Gasteiger charge is 2.26. The molecule has 5 rings (SSSR count). The van der Waals surface area contributed by atoms with Gasteiger partial charge in [-0.25, -0.2) is 9.59 Å². The molecule has 8 heteroatoms. The van der Waals surface area contributed by atoms with Crippen molar-refractivity contribution in [2.24, 2.45) is 0 Å². The standard InChI is InChI=1S/C29H28O8/c1-15-10-18(26-16(2)24(36-13-19-11-34-19)8-6-22(26)28(30)31)4-5-21(15)27-17(3)25(37-14-20-12-35-20)9-7-23(27)29(32)33/h4-10,19-20H,11-14H2,1-3H3,(H,30,31)(H,32,33). The van der Waals surface area contributed by atoms with Crippen molar-refractivity contribution < 1.29 is 38.7 Å². The molecule has 3 aromatic rings. The molecule has 0 radical (unpaired) electrons. The Morgan fingerprint density at radius 3 is 1.73 bits per heavy atom. The number of aryl methyl sites for hydroxylation is 1. The number of hydrogen-bond acceptors (Lipinski definition) is 6. The Balaban J connectivity index is 1.57. The molecule has 2 atom stereocenters. The summed E-state index contributed by atoms with van der Waals surface area (Å²) in [5.74, 6) is -0.865. The van der Waals surface area contributed by atoms with Crippen LogP contribution in [-0.2, 0) is 9.47 Å². The van der Waals surface area contributed by atoms with Crippen LogP contribution in [0.5, 0.6) is 11.5 Å². The number of rotatable bonds is 10. The van der Waals surface area contributed by atoms with E-state index in [1.165, 1.54) is 0 Å². The van der Waals surface area contributed by atoms with Crippen molar-refractivity contribution in [1.29, 1.82) is 0 Å². The molecule has 192 valence electrons. The molecule has 2 saturated heterocycles. The van der Waals surface area contributed by atoms with Crippen LogP contribution in [0.2, 0.25) is 0 Å². The van der Waals surface area contributed by atoms with Crippen LogP contribution in [0.1, 0.15) is 37.4 Å². The number of carboxylic acids is 2. The summed E-state index contributed by atoms with van der Waals surface area (Å²) < 4.78 is 22.2. The Bertz CT molecular complexity index is 1390. The molecule has 2 N–H and O–H groups in total. The molecule has 0 saturated carbocycles. The topological polar surface area (TPSA) is 118 Å². The maximum Gasteiger partial charge on any atom is 0.336 e. The molecule has 0 bridgehead atoms. The van der Waals surface area contributed by atoms with Gasteiger partial charge in [-0.15, -0.1) is 0 Å². The molecule has 2 heterocycles. The summed E-state index contributed by atoms with van der Waals surface area (Å²) in [6.07, 6.45) is 0.151. The minimum Gasteiger partial charge on any atom is -0.490 e. The van der Waals surface area contributed by atoms with Crippen molar-refractivity contribution in [1.82, 2.24) is 0 Å². The van der Waals surface area contributed by atoms with Crippen molar-refractivity contribution in [3.05, 3.63) is 70.3 Å². The molecular formula is C29H28O8. The summed E-state index contributed by atoms with van der Waals surface area (Å²) >= 11 is 0. The van der Waals surface area contributed by atoms with Gasteiger partial charge in [0.05, 0.1) is 24.3 Å². The average molecular weight is 505 g/mol. The van der Waals surface area contributed by atoms with E-state index in [2.05, 4.69) is 0 Å². The summed E-state index contributed by atoms with van der Waals surface area (Å²) in [5.41, 5.74) is 5.15. The van der Waals surface area contributed by atoms with Gasteiger partial charge in [0.1, 0.15) is 36.9 Å². The average Bonchev–Trinajstić information content (AvgIpc) is 3.78. The van der Waals surface area contributed by atoms with Gasteiger partial charge in [0, 0.05) is 11.1 Å². The number of aromatic carboxylic acids is 2. The minimum atomic E-state index is -1.04. The maximum atomic E-state index is 12.1. The summed E-state index contributed by atoms with van der Waals surface area (Å²) in [6.45, 7) is 7.72. The van der Waals surface area contributed by atoms with E-state index in [-0.39, 0.29) is 23.3 Å². The number of epoxide rings is 2. The van der Waals surface area contributed by atoms with Crippen LogP contribution in [-0.4, -0.2) is 60.8 Å². The van der Waals surface area contributed by atoms with E-state index in [1.807, 2.05) is 39.0 Å². The lowest BCUT2D eigenvalue weighted by Crippen LogP contribution is -2.09. The van der Waals surface area contributed by atoms with Crippen LogP contribution in [0.3, 0.4) is 0 Å². The third kappa shape index (κ3) is 5.16. The quantitative estimate of drug-likeness (QED) is 0.375. The highest BCUT2D eigenvalue weighted by atomic mass is 16.6. The van der Waals surface area contributed by atoms with Crippen molar-refractivity contribution in [2.45, 2.75) is 33.0 Å². The highest BCUT2D eigenvalue weighted by Crippen LogP contribution is 2.39. The highest BCUT2D eigenvalue weighted by molar-refractivity contribution is 6.00. The number of ether oxygens (including phenoxy) is 4. The number of hydrogen-bond donors (Lipinski definition) is 2. The molecular weight excluding hydrogens is 476 g/mol. The van der Waals surface area contributed by atoms with Gasteiger partial charge in [0.15, 0.2) is 0 Å². The van der Waals surface area contributed by atoms with Gasteiger partial charge in [-0.2, -0.15) is 0 Å². The normalized spacial score (nSPS) is 17.8. The van der Waals surface area contributed by atoms with Gasteiger partial charge in [0.2, 0.25) is 0 Å². The first-order valence-corrected chi connectivity index (χ1v) is 12.1. The Morgan fingerprint density at radius 1 is 0.784 bits per heavy atom. The second kappa shape index (κ2) is 9.88. The van der Waals surface area contributed by atoms with Crippen LogP contribution in [0.4, 0.5) is 0 Å². The molecule has 3 aromatic carbocycles. The van der Waals surface area contributed by atoms with Gasteiger partial charge in [0.25, 0.3) is 0 Å². The van der Waals surface area contributed by atoms with Crippen LogP contribution < -0.4 is 9.47 Å². The van der Waals surface area contributed by atoms with E-state index in [0.29, 0.717) is 60.2 Å². The lowest BCUT2D eigenvalue weighted by atomic mass is 9.88. The zero-order valence-electron chi connectivity index (χ0n) is 20.9. The lowest BCUT2D eigenvalue weighted by molar-refractivity contribution is 0.0686. The molecule has 0 aliphatic carbocycles. The molecule has 2 aliphatic rings. The van der Waals surface area contributed by atoms with E-state index in [1.54, 1.807) is 24.3 Å². The molecule has 37 heavy (non-hydrogen) atoms. The van der Waals surface area contributed by atoms with E-state index in [4.69, 9.17) is 18.9 Å². The lowest BCUT2D eigenvalue weighted by Gasteiger charge is -2.19.